The molecule has 1 aromatic heterocycles. The molecule has 0 saturated carbocycles. The van der Waals surface area contributed by atoms with Crippen molar-refractivity contribution in [2.75, 3.05) is 11.5 Å². The fourth-order valence-electron chi connectivity index (χ4n) is 4.35. The lowest BCUT2D eigenvalue weighted by atomic mass is 9.98. The number of ketones is 1. The molecule has 1 aliphatic heterocycles. The van der Waals surface area contributed by atoms with Gasteiger partial charge >= 0.3 is 0 Å². The minimum atomic E-state index is -0.697. The molecule has 1 aliphatic rings. The third-order valence-electron chi connectivity index (χ3n) is 5.98. The number of benzene rings is 3. The third kappa shape index (κ3) is 3.57. The van der Waals surface area contributed by atoms with E-state index in [1.807, 2.05) is 31.2 Å². The van der Waals surface area contributed by atoms with Gasteiger partial charge in [-0.2, -0.15) is 0 Å². The lowest BCUT2D eigenvalue weighted by Crippen LogP contribution is -2.29. The summed E-state index contributed by atoms with van der Waals surface area (Å²) in [5.74, 6) is 0.225. The SMILES string of the molecule is CCCOc1cccc(C2c3c(oc4ccccc4c3=O)C(=O)N2c2ccc(C(C)=O)cc2)c1. The largest absolute Gasteiger partial charge is 0.494 e. The normalized spacial score (nSPS) is 14.9. The zero-order valence-corrected chi connectivity index (χ0v) is 18.9. The molecule has 0 bridgehead atoms. The highest BCUT2D eigenvalue weighted by molar-refractivity contribution is 6.11. The molecule has 170 valence electrons. The van der Waals surface area contributed by atoms with Crippen molar-refractivity contribution in [3.63, 3.8) is 0 Å². The molecule has 1 atom stereocenters. The molecule has 0 spiro atoms. The highest BCUT2D eigenvalue weighted by Crippen LogP contribution is 2.42. The Morgan fingerprint density at radius 1 is 1.00 bits per heavy atom. The minimum absolute atomic E-state index is 0.0317. The van der Waals surface area contributed by atoms with Crippen LogP contribution in [0.15, 0.2) is 82.0 Å². The zero-order valence-electron chi connectivity index (χ0n) is 18.9. The van der Waals surface area contributed by atoms with Gasteiger partial charge in [0.25, 0.3) is 5.91 Å². The molecule has 5 rings (SSSR count). The van der Waals surface area contributed by atoms with E-state index in [0.717, 1.165) is 12.0 Å². The van der Waals surface area contributed by atoms with E-state index in [-0.39, 0.29) is 17.0 Å². The summed E-state index contributed by atoms with van der Waals surface area (Å²) >= 11 is 0. The first kappa shape index (κ1) is 21.6. The summed E-state index contributed by atoms with van der Waals surface area (Å²) < 4.78 is 11.8. The molecular formula is C28H23NO5. The molecule has 6 nitrogen and oxygen atoms in total. The van der Waals surface area contributed by atoms with Crippen LogP contribution in [-0.2, 0) is 0 Å². The third-order valence-corrected chi connectivity index (χ3v) is 5.98. The van der Waals surface area contributed by atoms with Crippen molar-refractivity contribution in [3.8, 4) is 5.75 Å². The van der Waals surface area contributed by atoms with E-state index in [9.17, 15) is 14.4 Å². The van der Waals surface area contributed by atoms with Crippen molar-refractivity contribution in [1.82, 2.24) is 0 Å². The Balaban J connectivity index is 1.72. The first-order valence-corrected chi connectivity index (χ1v) is 11.2. The van der Waals surface area contributed by atoms with Gasteiger partial charge in [0.1, 0.15) is 11.3 Å². The molecule has 1 unspecified atom stereocenters. The first-order chi connectivity index (χ1) is 16.5. The molecule has 0 aliphatic carbocycles. The van der Waals surface area contributed by atoms with Crippen LogP contribution >= 0.6 is 0 Å². The maximum Gasteiger partial charge on any atom is 0.295 e. The van der Waals surface area contributed by atoms with Crippen LogP contribution in [0.1, 0.15) is 58.3 Å². The maximum atomic E-state index is 13.6. The smallest absolute Gasteiger partial charge is 0.295 e. The van der Waals surface area contributed by atoms with Gasteiger partial charge in [0, 0.05) is 11.3 Å². The summed E-state index contributed by atoms with van der Waals surface area (Å²) in [7, 11) is 0. The van der Waals surface area contributed by atoms with E-state index >= 15 is 0 Å². The molecule has 4 aromatic rings. The predicted molar refractivity (Wildman–Crippen MR) is 130 cm³/mol. The van der Waals surface area contributed by atoms with Gasteiger partial charge in [0.2, 0.25) is 5.76 Å². The molecule has 0 radical (unpaired) electrons. The Morgan fingerprint density at radius 3 is 2.50 bits per heavy atom. The van der Waals surface area contributed by atoms with Crippen LogP contribution in [-0.4, -0.2) is 18.3 Å². The van der Waals surface area contributed by atoms with Crippen molar-refractivity contribution in [3.05, 3.63) is 105 Å². The van der Waals surface area contributed by atoms with Gasteiger partial charge < -0.3 is 9.15 Å². The Bertz CT molecular complexity index is 1470. The fraction of sp³-hybridized carbons (Fsp3) is 0.179. The fourth-order valence-corrected chi connectivity index (χ4v) is 4.35. The molecule has 0 fully saturated rings. The summed E-state index contributed by atoms with van der Waals surface area (Å²) in [5, 5.41) is 0.422. The minimum Gasteiger partial charge on any atom is -0.494 e. The number of para-hydroxylation sites is 1. The molecule has 3 aromatic carbocycles. The van der Waals surface area contributed by atoms with Gasteiger partial charge in [-0.3, -0.25) is 19.3 Å². The van der Waals surface area contributed by atoms with Crippen molar-refractivity contribution < 1.29 is 18.7 Å². The number of hydrogen-bond acceptors (Lipinski definition) is 5. The van der Waals surface area contributed by atoms with E-state index in [2.05, 4.69) is 0 Å². The molecule has 2 heterocycles. The van der Waals surface area contributed by atoms with Crippen LogP contribution in [0.5, 0.6) is 5.75 Å². The number of rotatable bonds is 6. The number of carbonyl (C=O) groups excluding carboxylic acids is 2. The first-order valence-electron chi connectivity index (χ1n) is 11.2. The second-order valence-electron chi connectivity index (χ2n) is 8.27. The van der Waals surface area contributed by atoms with E-state index in [1.165, 1.54) is 6.92 Å². The topological polar surface area (TPSA) is 76.8 Å². The standard InChI is InChI=1S/C28H23NO5/c1-3-15-33-21-8-6-7-19(16-21)25-24-26(31)22-9-4-5-10-23(22)34-27(24)28(32)29(25)20-13-11-18(12-14-20)17(2)30/h4-14,16,25H,3,15H2,1-2H3. The van der Waals surface area contributed by atoms with E-state index < -0.39 is 11.9 Å². The zero-order chi connectivity index (χ0) is 23.8. The number of hydrogen-bond donors (Lipinski definition) is 0. The molecule has 0 saturated heterocycles. The Hall–Kier alpha value is -4.19. The molecule has 0 N–H and O–H groups in total. The quantitative estimate of drug-likeness (QED) is 0.359. The van der Waals surface area contributed by atoms with Gasteiger partial charge in [-0.15, -0.1) is 0 Å². The summed E-state index contributed by atoms with van der Waals surface area (Å²) in [6, 6.07) is 20.4. The summed E-state index contributed by atoms with van der Waals surface area (Å²) in [5.41, 5.74) is 2.27. The highest BCUT2D eigenvalue weighted by Gasteiger charge is 2.43. The van der Waals surface area contributed by atoms with E-state index in [1.54, 1.807) is 53.4 Å². The number of nitrogens with zero attached hydrogens (tertiary/aromatic N) is 1. The highest BCUT2D eigenvalue weighted by atomic mass is 16.5. The van der Waals surface area contributed by atoms with E-state index in [0.29, 0.717) is 40.1 Å². The van der Waals surface area contributed by atoms with Crippen LogP contribution in [0.2, 0.25) is 0 Å². The van der Waals surface area contributed by atoms with Crippen LogP contribution in [0.4, 0.5) is 5.69 Å². The van der Waals surface area contributed by atoms with Gasteiger partial charge in [-0.1, -0.05) is 31.2 Å². The number of ether oxygens (including phenoxy) is 1. The number of amides is 1. The molecule has 1 amide bonds. The summed E-state index contributed by atoms with van der Waals surface area (Å²) in [4.78, 5) is 40.6. The average Bonchev–Trinajstić information content (AvgIpc) is 3.15. The predicted octanol–water partition coefficient (Wildman–Crippen LogP) is 5.53. The number of anilines is 1. The average molecular weight is 453 g/mol. The Morgan fingerprint density at radius 2 is 1.76 bits per heavy atom. The van der Waals surface area contributed by atoms with Gasteiger partial charge in [-0.05, 0) is 67.4 Å². The van der Waals surface area contributed by atoms with Crippen LogP contribution in [0.25, 0.3) is 11.0 Å². The second kappa shape index (κ2) is 8.63. The number of carbonyl (C=O) groups is 2. The van der Waals surface area contributed by atoms with Crippen LogP contribution < -0.4 is 15.1 Å². The Kier molecular flexibility index (Phi) is 5.49. The van der Waals surface area contributed by atoms with Crippen molar-refractivity contribution in [1.29, 1.82) is 0 Å². The second-order valence-corrected chi connectivity index (χ2v) is 8.27. The molecule has 6 heteroatoms. The number of fused-ring (bicyclic) bond motifs is 2. The van der Waals surface area contributed by atoms with Crippen molar-refractivity contribution in [2.45, 2.75) is 26.3 Å². The van der Waals surface area contributed by atoms with Gasteiger partial charge in [-0.25, -0.2) is 0 Å². The van der Waals surface area contributed by atoms with Crippen LogP contribution in [0, 0.1) is 0 Å². The number of Topliss-reactive ketones (excluding diaryl/α,β-unsaturated/α-hetero) is 1. The lowest BCUT2D eigenvalue weighted by Gasteiger charge is -2.25. The van der Waals surface area contributed by atoms with Crippen LogP contribution in [0.3, 0.4) is 0 Å². The molecule has 34 heavy (non-hydrogen) atoms. The van der Waals surface area contributed by atoms with Gasteiger partial charge in [0.15, 0.2) is 11.2 Å². The summed E-state index contributed by atoms with van der Waals surface area (Å²) in [6.45, 7) is 4.08. The Labute approximate surface area is 196 Å². The monoisotopic (exact) mass is 453 g/mol. The maximum absolute atomic E-state index is 13.6. The van der Waals surface area contributed by atoms with Crippen molar-refractivity contribution >= 4 is 28.3 Å². The van der Waals surface area contributed by atoms with E-state index in [4.69, 9.17) is 9.15 Å². The van der Waals surface area contributed by atoms with Gasteiger partial charge in [0.05, 0.1) is 23.6 Å². The van der Waals surface area contributed by atoms with Crippen molar-refractivity contribution in [2.24, 2.45) is 0 Å². The molecular weight excluding hydrogens is 430 g/mol. The lowest BCUT2D eigenvalue weighted by molar-refractivity contribution is 0.0970. The summed E-state index contributed by atoms with van der Waals surface area (Å²) in [6.07, 6.45) is 0.860.